The number of nitrogens with one attached hydrogen (secondary N) is 1. The Morgan fingerprint density at radius 3 is 3.00 bits per heavy atom. The van der Waals surface area contributed by atoms with Gasteiger partial charge in [0.1, 0.15) is 11.4 Å². The minimum absolute atomic E-state index is 0.393. The maximum atomic E-state index is 11.5. The number of carbonyl (C=O) groups excluding carboxylic acids is 1. The molecule has 2 atom stereocenters. The number of rotatable bonds is 3. The van der Waals surface area contributed by atoms with Gasteiger partial charge in [-0.25, -0.2) is 4.68 Å². The average molecular weight is 321 g/mol. The maximum Gasteiger partial charge on any atom is 0.170 e. The van der Waals surface area contributed by atoms with Crippen molar-refractivity contribution in [3.8, 4) is 0 Å². The van der Waals surface area contributed by atoms with E-state index in [1.54, 1.807) is 13.2 Å². The molecule has 2 aliphatic heterocycles. The molecule has 3 aliphatic rings. The first-order chi connectivity index (χ1) is 11.7. The number of aliphatic imine (C=N–C) groups is 2. The summed E-state index contributed by atoms with van der Waals surface area (Å²) in [6.45, 7) is 3.53. The van der Waals surface area contributed by atoms with Crippen LogP contribution in [0, 0.1) is 0 Å². The smallest absolute Gasteiger partial charge is 0.170 e. The molecular formula is C18H19N5O. The molecule has 1 aromatic heterocycles. The molecule has 3 heterocycles. The number of fused-ring (bicyclic) bond motifs is 3. The first kappa shape index (κ1) is 15.0. The fourth-order valence-electron chi connectivity index (χ4n) is 3.81. The van der Waals surface area contributed by atoms with Gasteiger partial charge in [0.15, 0.2) is 6.29 Å². The van der Waals surface area contributed by atoms with Crippen molar-refractivity contribution in [3.63, 3.8) is 0 Å². The van der Waals surface area contributed by atoms with Gasteiger partial charge >= 0.3 is 0 Å². The van der Waals surface area contributed by atoms with E-state index in [1.807, 2.05) is 16.8 Å². The van der Waals surface area contributed by atoms with Crippen LogP contribution in [0.5, 0.6) is 0 Å². The van der Waals surface area contributed by atoms with Crippen molar-refractivity contribution in [3.05, 3.63) is 40.9 Å². The number of hydrogen-bond donors (Lipinski definition) is 1. The number of aldehydes is 1. The fraction of sp³-hybridized carbons (Fsp3) is 0.333. The van der Waals surface area contributed by atoms with Crippen LogP contribution in [0.1, 0.15) is 41.0 Å². The third-order valence-electron chi connectivity index (χ3n) is 4.84. The summed E-state index contributed by atoms with van der Waals surface area (Å²) in [6.07, 6.45) is 11.8. The van der Waals surface area contributed by atoms with Crippen LogP contribution in [0.4, 0.5) is 0 Å². The third-order valence-corrected chi connectivity index (χ3v) is 4.84. The van der Waals surface area contributed by atoms with E-state index >= 15 is 0 Å². The van der Waals surface area contributed by atoms with Crippen LogP contribution in [0.25, 0.3) is 11.8 Å². The molecule has 2 unspecified atom stereocenters. The summed E-state index contributed by atoms with van der Waals surface area (Å²) < 4.78 is 1.90. The summed E-state index contributed by atoms with van der Waals surface area (Å²) >= 11 is 0. The fourth-order valence-corrected chi connectivity index (χ4v) is 3.81. The van der Waals surface area contributed by atoms with Crippen LogP contribution in [0.2, 0.25) is 0 Å². The van der Waals surface area contributed by atoms with E-state index < -0.39 is 0 Å². The highest BCUT2D eigenvalue weighted by molar-refractivity contribution is 6.19. The van der Waals surface area contributed by atoms with Gasteiger partial charge in [0.2, 0.25) is 0 Å². The molecule has 6 heteroatoms. The van der Waals surface area contributed by atoms with Gasteiger partial charge in [-0.3, -0.25) is 14.8 Å². The van der Waals surface area contributed by atoms with Crippen LogP contribution in [-0.2, 0) is 0 Å². The van der Waals surface area contributed by atoms with Crippen molar-refractivity contribution in [1.29, 1.82) is 0 Å². The van der Waals surface area contributed by atoms with E-state index in [0.29, 0.717) is 17.8 Å². The average Bonchev–Trinajstić information content (AvgIpc) is 3.14. The van der Waals surface area contributed by atoms with E-state index in [4.69, 9.17) is 0 Å². The number of hydrogen-bond acceptors (Lipinski definition) is 5. The van der Waals surface area contributed by atoms with Crippen LogP contribution in [0.3, 0.4) is 0 Å². The second-order valence-electron chi connectivity index (χ2n) is 6.26. The molecular weight excluding hydrogens is 302 g/mol. The monoisotopic (exact) mass is 321 g/mol. The van der Waals surface area contributed by atoms with E-state index in [0.717, 1.165) is 47.4 Å². The lowest BCUT2D eigenvalue weighted by atomic mass is 9.96. The molecule has 4 rings (SSSR count). The number of carbonyl (C=O) groups is 1. The lowest BCUT2D eigenvalue weighted by Crippen LogP contribution is -2.33. The molecule has 1 fully saturated rings. The SMILES string of the molecule is C=N/C=C1/C=Cc2c(C=O)nn(C3=CC4CCC(C3)N4)c2/C1=N/C. The Morgan fingerprint density at radius 1 is 1.42 bits per heavy atom. The predicted molar refractivity (Wildman–Crippen MR) is 95.6 cm³/mol. The highest BCUT2D eigenvalue weighted by atomic mass is 16.1. The van der Waals surface area contributed by atoms with Crippen molar-refractivity contribution >= 4 is 30.5 Å². The summed E-state index contributed by atoms with van der Waals surface area (Å²) in [4.78, 5) is 19.8. The van der Waals surface area contributed by atoms with Crippen molar-refractivity contribution in [2.24, 2.45) is 9.98 Å². The minimum atomic E-state index is 0.393. The Kier molecular flexibility index (Phi) is 3.61. The Labute approximate surface area is 140 Å². The molecule has 24 heavy (non-hydrogen) atoms. The molecule has 0 saturated carbocycles. The zero-order valence-electron chi connectivity index (χ0n) is 13.6. The lowest BCUT2D eigenvalue weighted by molar-refractivity contribution is 0.111. The van der Waals surface area contributed by atoms with Crippen molar-refractivity contribution in [2.75, 3.05) is 7.05 Å². The summed E-state index contributed by atoms with van der Waals surface area (Å²) in [5.74, 6) is 0. The summed E-state index contributed by atoms with van der Waals surface area (Å²) in [6, 6.07) is 0.879. The first-order valence-electron chi connectivity index (χ1n) is 8.12. The highest BCUT2D eigenvalue weighted by Gasteiger charge is 2.32. The maximum absolute atomic E-state index is 11.5. The molecule has 0 radical (unpaired) electrons. The quantitative estimate of drug-likeness (QED) is 0.684. The van der Waals surface area contributed by atoms with E-state index in [9.17, 15) is 4.79 Å². The van der Waals surface area contributed by atoms with Gasteiger partial charge in [-0.1, -0.05) is 6.08 Å². The highest BCUT2D eigenvalue weighted by Crippen LogP contribution is 2.33. The number of nitrogens with zero attached hydrogens (tertiary/aromatic N) is 4. The van der Waals surface area contributed by atoms with Crippen LogP contribution >= 0.6 is 0 Å². The van der Waals surface area contributed by atoms with Crippen molar-refractivity contribution < 1.29 is 4.79 Å². The Bertz CT molecular complexity index is 840. The summed E-state index contributed by atoms with van der Waals surface area (Å²) in [5, 5.41) is 8.15. The van der Waals surface area contributed by atoms with Gasteiger partial charge in [-0.2, -0.15) is 5.10 Å². The third kappa shape index (κ3) is 2.22. The summed E-state index contributed by atoms with van der Waals surface area (Å²) in [5.41, 5.74) is 4.92. The molecule has 1 saturated heterocycles. The largest absolute Gasteiger partial charge is 0.307 e. The van der Waals surface area contributed by atoms with E-state index in [2.05, 4.69) is 33.2 Å². The van der Waals surface area contributed by atoms with Crippen LogP contribution in [0.15, 0.2) is 33.9 Å². The molecule has 1 aromatic rings. The molecule has 6 nitrogen and oxygen atoms in total. The summed E-state index contributed by atoms with van der Waals surface area (Å²) in [7, 11) is 1.74. The first-order valence-corrected chi connectivity index (χ1v) is 8.12. The van der Waals surface area contributed by atoms with Gasteiger partial charge < -0.3 is 5.32 Å². The molecule has 0 aromatic carbocycles. The molecule has 0 spiro atoms. The predicted octanol–water partition coefficient (Wildman–Crippen LogP) is 2.09. The van der Waals surface area contributed by atoms with Gasteiger partial charge in [0.05, 0.1) is 5.71 Å². The topological polar surface area (TPSA) is 71.6 Å². The Hall–Kier alpha value is -2.60. The van der Waals surface area contributed by atoms with Crippen molar-refractivity contribution in [1.82, 2.24) is 15.1 Å². The standard InChI is InChI=1S/C18H19N5O/c1-19-9-11-3-6-15-16(10-24)22-23(18(15)17(11)20-2)14-7-12-4-5-13(8-14)21-12/h3,6-7,9-10,12-13,21H,1,4-5,8H2,2H3/b11-9-,20-17+. The van der Waals surface area contributed by atoms with Crippen LogP contribution in [-0.4, -0.2) is 47.6 Å². The zero-order chi connectivity index (χ0) is 16.7. The second-order valence-corrected chi connectivity index (χ2v) is 6.26. The van der Waals surface area contributed by atoms with Gasteiger partial charge in [-0.15, -0.1) is 0 Å². The van der Waals surface area contributed by atoms with Gasteiger partial charge in [-0.05, 0) is 31.7 Å². The van der Waals surface area contributed by atoms with Gasteiger partial charge in [0, 0.05) is 48.6 Å². The van der Waals surface area contributed by atoms with E-state index in [-0.39, 0.29) is 0 Å². The molecule has 2 bridgehead atoms. The Balaban J connectivity index is 1.90. The minimum Gasteiger partial charge on any atom is -0.307 e. The van der Waals surface area contributed by atoms with E-state index in [1.165, 1.54) is 6.42 Å². The number of allylic oxidation sites excluding steroid dienone is 2. The lowest BCUT2D eigenvalue weighted by Gasteiger charge is -2.23. The molecule has 1 N–H and O–H groups in total. The molecule has 0 amide bonds. The van der Waals surface area contributed by atoms with Crippen molar-refractivity contribution in [2.45, 2.75) is 31.3 Å². The normalized spacial score (nSPS) is 28.1. The number of aromatic nitrogens is 2. The molecule has 122 valence electrons. The molecule has 1 aliphatic carbocycles. The zero-order valence-corrected chi connectivity index (χ0v) is 13.6. The van der Waals surface area contributed by atoms with Gasteiger partial charge in [0.25, 0.3) is 0 Å². The Morgan fingerprint density at radius 2 is 2.29 bits per heavy atom. The second kappa shape index (κ2) is 5.79. The van der Waals surface area contributed by atoms with Crippen LogP contribution < -0.4 is 5.32 Å².